The summed E-state index contributed by atoms with van der Waals surface area (Å²) in [5, 5.41) is 9.61. The molecular weight excluding hydrogens is 358 g/mol. The summed E-state index contributed by atoms with van der Waals surface area (Å²) in [5.74, 6) is 3.53. The average Bonchev–Trinajstić information content (AvgIpc) is 3.22. The van der Waals surface area contributed by atoms with Crippen LogP contribution in [0.2, 0.25) is 0 Å². The number of hydrogen-bond donors (Lipinski definition) is 0. The van der Waals surface area contributed by atoms with Gasteiger partial charge >= 0.3 is 0 Å². The molecule has 4 rings (SSSR count). The number of aromatic nitrogens is 3. The van der Waals surface area contributed by atoms with Gasteiger partial charge in [-0.3, -0.25) is 0 Å². The number of hydrogen-bond acceptors (Lipinski definition) is 5. The van der Waals surface area contributed by atoms with Crippen molar-refractivity contribution in [1.29, 1.82) is 0 Å². The minimum absolute atomic E-state index is 0.226. The molecule has 0 saturated carbocycles. The molecule has 1 aromatic heterocycles. The van der Waals surface area contributed by atoms with Gasteiger partial charge in [-0.1, -0.05) is 42.1 Å². The normalized spacial score (nSPS) is 15.4. The SMILES string of the molecule is CCOc1cc2c(cc1CSc1nnc(-c3ccccc3)n1C)OC(C)C2. The second-order valence-corrected chi connectivity index (χ2v) is 7.60. The van der Waals surface area contributed by atoms with E-state index in [4.69, 9.17) is 9.47 Å². The molecule has 1 aliphatic heterocycles. The van der Waals surface area contributed by atoms with Gasteiger partial charge in [0.05, 0.1) is 6.61 Å². The molecule has 2 heterocycles. The van der Waals surface area contributed by atoms with Crippen LogP contribution in [0.15, 0.2) is 47.6 Å². The Balaban J connectivity index is 1.56. The number of nitrogens with zero attached hydrogens (tertiary/aromatic N) is 3. The van der Waals surface area contributed by atoms with E-state index in [1.54, 1.807) is 11.8 Å². The first-order chi connectivity index (χ1) is 13.2. The van der Waals surface area contributed by atoms with E-state index in [1.165, 1.54) is 5.56 Å². The minimum atomic E-state index is 0.226. The van der Waals surface area contributed by atoms with E-state index in [1.807, 2.05) is 48.9 Å². The lowest BCUT2D eigenvalue weighted by molar-refractivity contribution is 0.254. The zero-order chi connectivity index (χ0) is 18.8. The highest BCUT2D eigenvalue weighted by atomic mass is 32.2. The molecule has 0 saturated heterocycles. The number of benzene rings is 2. The molecule has 0 aliphatic carbocycles. The van der Waals surface area contributed by atoms with Crippen molar-refractivity contribution in [3.8, 4) is 22.9 Å². The molecule has 0 amide bonds. The number of thioether (sulfide) groups is 1. The maximum absolute atomic E-state index is 5.92. The smallest absolute Gasteiger partial charge is 0.191 e. The van der Waals surface area contributed by atoms with Crippen molar-refractivity contribution in [2.75, 3.05) is 6.61 Å². The first-order valence-electron chi connectivity index (χ1n) is 9.18. The molecule has 5 nitrogen and oxygen atoms in total. The first kappa shape index (κ1) is 17.9. The average molecular weight is 382 g/mol. The van der Waals surface area contributed by atoms with Crippen LogP contribution in [0.1, 0.15) is 25.0 Å². The third kappa shape index (κ3) is 3.67. The monoisotopic (exact) mass is 381 g/mol. The molecule has 1 unspecified atom stereocenters. The fraction of sp³-hybridized carbons (Fsp3) is 0.333. The van der Waals surface area contributed by atoms with E-state index in [9.17, 15) is 0 Å². The van der Waals surface area contributed by atoms with Gasteiger partial charge in [0.15, 0.2) is 11.0 Å². The fourth-order valence-corrected chi connectivity index (χ4v) is 4.19. The van der Waals surface area contributed by atoms with Crippen LogP contribution in [-0.2, 0) is 19.2 Å². The number of ether oxygens (including phenoxy) is 2. The van der Waals surface area contributed by atoms with Gasteiger partial charge in [0.1, 0.15) is 17.6 Å². The molecule has 1 aliphatic rings. The molecule has 140 valence electrons. The maximum Gasteiger partial charge on any atom is 0.191 e. The Hall–Kier alpha value is -2.47. The summed E-state index contributed by atoms with van der Waals surface area (Å²) in [6, 6.07) is 14.4. The van der Waals surface area contributed by atoms with Gasteiger partial charge in [-0.2, -0.15) is 0 Å². The summed E-state index contributed by atoms with van der Waals surface area (Å²) in [4.78, 5) is 0. The zero-order valence-corrected chi connectivity index (χ0v) is 16.6. The Kier molecular flexibility index (Phi) is 5.07. The number of fused-ring (bicyclic) bond motifs is 1. The van der Waals surface area contributed by atoms with E-state index in [0.717, 1.165) is 45.8 Å². The topological polar surface area (TPSA) is 49.2 Å². The van der Waals surface area contributed by atoms with Crippen LogP contribution < -0.4 is 9.47 Å². The molecule has 27 heavy (non-hydrogen) atoms. The third-order valence-electron chi connectivity index (χ3n) is 4.60. The van der Waals surface area contributed by atoms with Gasteiger partial charge in [-0.15, -0.1) is 10.2 Å². The highest BCUT2D eigenvalue weighted by Crippen LogP contribution is 2.37. The Morgan fingerprint density at radius 2 is 2.04 bits per heavy atom. The second-order valence-electron chi connectivity index (χ2n) is 6.65. The highest BCUT2D eigenvalue weighted by molar-refractivity contribution is 7.98. The molecule has 3 aromatic rings. The van der Waals surface area contributed by atoms with Gasteiger partial charge < -0.3 is 14.0 Å². The van der Waals surface area contributed by atoms with Crippen molar-refractivity contribution in [3.63, 3.8) is 0 Å². The Bertz CT molecular complexity index is 940. The van der Waals surface area contributed by atoms with Crippen molar-refractivity contribution in [3.05, 3.63) is 53.6 Å². The van der Waals surface area contributed by atoms with Crippen LogP contribution >= 0.6 is 11.8 Å². The lowest BCUT2D eigenvalue weighted by atomic mass is 10.1. The minimum Gasteiger partial charge on any atom is -0.494 e. The van der Waals surface area contributed by atoms with Gasteiger partial charge in [-0.05, 0) is 26.0 Å². The summed E-state index contributed by atoms with van der Waals surface area (Å²) in [5.41, 5.74) is 3.41. The Morgan fingerprint density at radius 3 is 2.81 bits per heavy atom. The first-order valence-corrected chi connectivity index (χ1v) is 10.2. The van der Waals surface area contributed by atoms with Crippen LogP contribution in [0.5, 0.6) is 11.5 Å². The van der Waals surface area contributed by atoms with Crippen LogP contribution in [0.3, 0.4) is 0 Å². The lowest BCUT2D eigenvalue weighted by Gasteiger charge is -2.12. The standard InChI is InChI=1S/C21H23N3O2S/c1-4-25-18-11-16-10-14(2)26-19(16)12-17(18)13-27-21-23-22-20(24(21)3)15-8-6-5-7-9-15/h5-9,11-12,14H,4,10,13H2,1-3H3. The summed E-state index contributed by atoms with van der Waals surface area (Å²) in [7, 11) is 2.00. The van der Waals surface area contributed by atoms with Crippen molar-refractivity contribution in [2.45, 2.75) is 37.3 Å². The summed E-state index contributed by atoms with van der Waals surface area (Å²) < 4.78 is 13.8. The molecule has 0 fully saturated rings. The van der Waals surface area contributed by atoms with Gasteiger partial charge in [0, 0.05) is 35.9 Å². The molecule has 2 aromatic carbocycles. The van der Waals surface area contributed by atoms with Crippen LogP contribution in [0, 0.1) is 0 Å². The van der Waals surface area contributed by atoms with Crippen molar-refractivity contribution in [2.24, 2.45) is 7.05 Å². The molecule has 0 spiro atoms. The van der Waals surface area contributed by atoms with Crippen LogP contribution in [-0.4, -0.2) is 27.5 Å². The quantitative estimate of drug-likeness (QED) is 0.589. The van der Waals surface area contributed by atoms with E-state index < -0.39 is 0 Å². The maximum atomic E-state index is 5.92. The highest BCUT2D eigenvalue weighted by Gasteiger charge is 2.22. The van der Waals surface area contributed by atoms with Crippen LogP contribution in [0.25, 0.3) is 11.4 Å². The van der Waals surface area contributed by atoms with E-state index in [-0.39, 0.29) is 6.10 Å². The fourth-order valence-electron chi connectivity index (χ4n) is 3.31. The molecule has 0 bridgehead atoms. The predicted octanol–water partition coefficient (Wildman–Crippen LogP) is 4.50. The molecular formula is C21H23N3O2S. The van der Waals surface area contributed by atoms with E-state index >= 15 is 0 Å². The Labute approximate surface area is 163 Å². The van der Waals surface area contributed by atoms with Gasteiger partial charge in [0.25, 0.3) is 0 Å². The van der Waals surface area contributed by atoms with Gasteiger partial charge in [0.2, 0.25) is 0 Å². The summed E-state index contributed by atoms with van der Waals surface area (Å²) in [6.45, 7) is 4.76. The number of rotatable bonds is 6. The van der Waals surface area contributed by atoms with Crippen LogP contribution in [0.4, 0.5) is 0 Å². The largest absolute Gasteiger partial charge is 0.494 e. The summed E-state index contributed by atoms with van der Waals surface area (Å²) in [6.07, 6.45) is 1.16. The predicted molar refractivity (Wildman–Crippen MR) is 107 cm³/mol. The molecule has 0 radical (unpaired) electrons. The van der Waals surface area contributed by atoms with Crippen molar-refractivity contribution >= 4 is 11.8 Å². The zero-order valence-electron chi connectivity index (χ0n) is 15.8. The lowest BCUT2D eigenvalue weighted by Crippen LogP contribution is -2.05. The van der Waals surface area contributed by atoms with E-state index in [2.05, 4.69) is 29.3 Å². The molecule has 6 heteroatoms. The summed E-state index contributed by atoms with van der Waals surface area (Å²) >= 11 is 1.66. The molecule has 0 N–H and O–H groups in total. The third-order valence-corrected chi connectivity index (χ3v) is 5.67. The van der Waals surface area contributed by atoms with Crippen molar-refractivity contribution < 1.29 is 9.47 Å². The Morgan fingerprint density at radius 1 is 1.22 bits per heavy atom. The second kappa shape index (κ2) is 7.64. The molecule has 1 atom stereocenters. The van der Waals surface area contributed by atoms with Gasteiger partial charge in [-0.25, -0.2) is 0 Å². The van der Waals surface area contributed by atoms with Crippen molar-refractivity contribution in [1.82, 2.24) is 14.8 Å². The van der Waals surface area contributed by atoms with E-state index in [0.29, 0.717) is 6.61 Å².